The lowest BCUT2D eigenvalue weighted by Crippen LogP contribution is -2.32. The third kappa shape index (κ3) is 3.88. The molecule has 0 saturated carbocycles. The van der Waals surface area contributed by atoms with Crippen molar-refractivity contribution in [2.75, 3.05) is 13.7 Å². The molecule has 1 rings (SSSR count). The van der Waals surface area contributed by atoms with Crippen LogP contribution in [0, 0.1) is 6.92 Å². The van der Waals surface area contributed by atoms with Crippen LogP contribution in [0.3, 0.4) is 0 Å². The van der Waals surface area contributed by atoms with Gasteiger partial charge in [-0.15, -0.1) is 11.3 Å². The van der Waals surface area contributed by atoms with Crippen molar-refractivity contribution in [2.45, 2.75) is 26.3 Å². The fourth-order valence-electron chi connectivity index (χ4n) is 1.23. The third-order valence-electron chi connectivity index (χ3n) is 2.21. The van der Waals surface area contributed by atoms with Crippen molar-refractivity contribution in [1.82, 2.24) is 5.32 Å². The number of carbonyl (C=O) groups excluding carboxylic acids is 1. The van der Waals surface area contributed by atoms with Crippen LogP contribution in [0.4, 0.5) is 0 Å². The van der Waals surface area contributed by atoms with Gasteiger partial charge in [-0.05, 0) is 47.8 Å². The van der Waals surface area contributed by atoms with Crippen LogP contribution in [0.1, 0.15) is 28.6 Å². The highest BCUT2D eigenvalue weighted by molar-refractivity contribution is 9.11. The molecule has 0 fully saturated rings. The molecule has 5 heteroatoms. The van der Waals surface area contributed by atoms with Crippen molar-refractivity contribution in [1.29, 1.82) is 0 Å². The van der Waals surface area contributed by atoms with Crippen LogP contribution in [0.15, 0.2) is 9.85 Å². The maximum Gasteiger partial charge on any atom is 0.261 e. The van der Waals surface area contributed by atoms with Crippen LogP contribution in [0.5, 0.6) is 0 Å². The van der Waals surface area contributed by atoms with Crippen LogP contribution < -0.4 is 5.32 Å². The van der Waals surface area contributed by atoms with E-state index in [2.05, 4.69) is 21.2 Å². The largest absolute Gasteiger partial charge is 0.385 e. The summed E-state index contributed by atoms with van der Waals surface area (Å²) in [7, 11) is 1.66. The van der Waals surface area contributed by atoms with E-state index in [1.807, 2.05) is 19.9 Å². The van der Waals surface area contributed by atoms with E-state index in [0.717, 1.165) is 20.6 Å². The smallest absolute Gasteiger partial charge is 0.261 e. The normalized spacial score (nSPS) is 12.5. The number of amides is 1. The summed E-state index contributed by atoms with van der Waals surface area (Å²) < 4.78 is 5.98. The Bertz CT molecular complexity index is 345. The molecule has 16 heavy (non-hydrogen) atoms. The van der Waals surface area contributed by atoms with E-state index in [1.54, 1.807) is 7.11 Å². The van der Waals surface area contributed by atoms with Gasteiger partial charge in [0.15, 0.2) is 0 Å². The van der Waals surface area contributed by atoms with Gasteiger partial charge in [0, 0.05) is 19.8 Å². The molecule has 1 unspecified atom stereocenters. The van der Waals surface area contributed by atoms with Gasteiger partial charge in [0.05, 0.1) is 8.66 Å². The Kier molecular flexibility index (Phi) is 5.44. The summed E-state index contributed by atoms with van der Waals surface area (Å²) >= 11 is 4.87. The first-order valence-corrected chi connectivity index (χ1v) is 6.71. The van der Waals surface area contributed by atoms with Crippen molar-refractivity contribution in [3.05, 3.63) is 20.3 Å². The minimum Gasteiger partial charge on any atom is -0.385 e. The van der Waals surface area contributed by atoms with E-state index < -0.39 is 0 Å². The first-order valence-electron chi connectivity index (χ1n) is 5.10. The Labute approximate surface area is 108 Å². The van der Waals surface area contributed by atoms with E-state index in [4.69, 9.17) is 4.74 Å². The van der Waals surface area contributed by atoms with Gasteiger partial charge in [0.1, 0.15) is 0 Å². The molecule has 0 radical (unpaired) electrons. The Morgan fingerprint density at radius 3 is 2.88 bits per heavy atom. The number of aryl methyl sites for hydroxylation is 1. The van der Waals surface area contributed by atoms with E-state index in [0.29, 0.717) is 6.61 Å². The lowest BCUT2D eigenvalue weighted by molar-refractivity contribution is 0.0933. The zero-order valence-electron chi connectivity index (χ0n) is 9.67. The van der Waals surface area contributed by atoms with Crippen LogP contribution in [0.25, 0.3) is 0 Å². The van der Waals surface area contributed by atoms with Crippen LogP contribution in [-0.4, -0.2) is 25.7 Å². The number of carbonyl (C=O) groups is 1. The minimum absolute atomic E-state index is 0.0117. The molecule has 0 aromatic carbocycles. The number of rotatable bonds is 5. The van der Waals surface area contributed by atoms with Crippen molar-refractivity contribution in [2.24, 2.45) is 0 Å². The SMILES string of the molecule is COCCC(C)NC(=O)c1cc(C)c(Br)s1. The molecule has 1 aromatic heterocycles. The third-order valence-corrected chi connectivity index (χ3v) is 4.35. The minimum atomic E-state index is -0.0117. The highest BCUT2D eigenvalue weighted by atomic mass is 79.9. The molecule has 1 amide bonds. The first-order chi connectivity index (χ1) is 7.54. The Morgan fingerprint density at radius 2 is 2.38 bits per heavy atom. The van der Waals surface area contributed by atoms with Crippen molar-refractivity contribution < 1.29 is 9.53 Å². The molecule has 90 valence electrons. The lowest BCUT2D eigenvalue weighted by Gasteiger charge is -2.12. The summed E-state index contributed by atoms with van der Waals surface area (Å²) in [4.78, 5) is 12.6. The zero-order valence-corrected chi connectivity index (χ0v) is 12.1. The fourth-order valence-corrected chi connectivity index (χ4v) is 2.67. The molecule has 0 bridgehead atoms. The quantitative estimate of drug-likeness (QED) is 0.908. The van der Waals surface area contributed by atoms with E-state index >= 15 is 0 Å². The van der Waals surface area contributed by atoms with Gasteiger partial charge in [0.2, 0.25) is 0 Å². The van der Waals surface area contributed by atoms with Gasteiger partial charge in [-0.25, -0.2) is 0 Å². The number of hydrogen-bond acceptors (Lipinski definition) is 3. The lowest BCUT2D eigenvalue weighted by atomic mass is 10.2. The van der Waals surface area contributed by atoms with Gasteiger partial charge in [-0.3, -0.25) is 4.79 Å². The van der Waals surface area contributed by atoms with Crippen LogP contribution >= 0.6 is 27.3 Å². The molecule has 1 N–H and O–H groups in total. The fraction of sp³-hybridized carbons (Fsp3) is 0.545. The summed E-state index contributed by atoms with van der Waals surface area (Å²) in [5, 5.41) is 2.94. The number of methoxy groups -OCH3 is 1. The molecule has 0 aliphatic carbocycles. The number of ether oxygens (including phenoxy) is 1. The average Bonchev–Trinajstić information content (AvgIpc) is 2.56. The average molecular weight is 306 g/mol. The molecule has 1 atom stereocenters. The van der Waals surface area contributed by atoms with Crippen LogP contribution in [-0.2, 0) is 4.74 Å². The Morgan fingerprint density at radius 1 is 1.69 bits per heavy atom. The molecule has 3 nitrogen and oxygen atoms in total. The summed E-state index contributed by atoms with van der Waals surface area (Å²) in [6.45, 7) is 4.62. The zero-order chi connectivity index (χ0) is 12.1. The van der Waals surface area contributed by atoms with Gasteiger partial charge in [-0.1, -0.05) is 0 Å². The number of hydrogen-bond donors (Lipinski definition) is 1. The van der Waals surface area contributed by atoms with Crippen molar-refractivity contribution in [3.8, 4) is 0 Å². The second kappa shape index (κ2) is 6.37. The Balaban J connectivity index is 2.52. The summed E-state index contributed by atoms with van der Waals surface area (Å²) in [5.41, 5.74) is 1.10. The monoisotopic (exact) mass is 305 g/mol. The van der Waals surface area contributed by atoms with Gasteiger partial charge >= 0.3 is 0 Å². The topological polar surface area (TPSA) is 38.3 Å². The van der Waals surface area contributed by atoms with E-state index in [1.165, 1.54) is 11.3 Å². The maximum absolute atomic E-state index is 11.8. The molecule has 1 aromatic rings. The maximum atomic E-state index is 11.8. The first kappa shape index (κ1) is 13.7. The number of halogens is 1. The van der Waals surface area contributed by atoms with Gasteiger partial charge < -0.3 is 10.1 Å². The summed E-state index contributed by atoms with van der Waals surface area (Å²) in [6, 6.07) is 2.03. The van der Waals surface area contributed by atoms with Gasteiger partial charge in [-0.2, -0.15) is 0 Å². The predicted molar refractivity (Wildman–Crippen MR) is 70.2 cm³/mol. The predicted octanol–water partition coefficient (Wildman–Crippen LogP) is 2.97. The molecule has 0 saturated heterocycles. The van der Waals surface area contributed by atoms with Crippen molar-refractivity contribution in [3.63, 3.8) is 0 Å². The highest BCUT2D eigenvalue weighted by Gasteiger charge is 2.13. The number of thiophene rings is 1. The van der Waals surface area contributed by atoms with E-state index in [9.17, 15) is 4.79 Å². The van der Waals surface area contributed by atoms with Crippen molar-refractivity contribution >= 4 is 33.2 Å². The summed E-state index contributed by atoms with van der Waals surface area (Å²) in [6.07, 6.45) is 0.827. The molecule has 0 aliphatic rings. The highest BCUT2D eigenvalue weighted by Crippen LogP contribution is 2.27. The Hall–Kier alpha value is -0.390. The number of nitrogens with one attached hydrogen (secondary N) is 1. The van der Waals surface area contributed by atoms with Crippen LogP contribution in [0.2, 0.25) is 0 Å². The van der Waals surface area contributed by atoms with E-state index in [-0.39, 0.29) is 11.9 Å². The molecular weight excluding hydrogens is 290 g/mol. The second-order valence-corrected chi connectivity index (χ2v) is 6.09. The molecular formula is C11H16BrNO2S. The standard InChI is InChI=1S/C11H16BrNO2S/c1-7-6-9(16-10(7)12)11(14)13-8(2)4-5-15-3/h6,8H,4-5H2,1-3H3,(H,13,14). The second-order valence-electron chi connectivity index (χ2n) is 3.72. The summed E-state index contributed by atoms with van der Waals surface area (Å²) in [5.74, 6) is -0.0117. The molecule has 1 heterocycles. The van der Waals surface area contributed by atoms with Gasteiger partial charge in [0.25, 0.3) is 5.91 Å². The molecule has 0 aliphatic heterocycles. The molecule has 0 spiro atoms.